The summed E-state index contributed by atoms with van der Waals surface area (Å²) < 4.78 is 0. The van der Waals surface area contributed by atoms with Crippen molar-refractivity contribution in [1.29, 1.82) is 0 Å². The standard InChI is InChI=1S/C14H16N2O2S/c1-9-6-7-19-14(9)11(3)15-12-4-5-13(16(17)18)10(2)8-12/h4-8,11,15H,1-3H3. The van der Waals surface area contributed by atoms with Crippen molar-refractivity contribution >= 4 is 22.7 Å². The molecule has 5 heteroatoms. The SMILES string of the molecule is Cc1cc(NC(C)c2sccc2C)ccc1[N+](=O)[O-]. The Morgan fingerprint density at radius 3 is 2.53 bits per heavy atom. The molecule has 1 aromatic carbocycles. The Hall–Kier alpha value is -1.88. The van der Waals surface area contributed by atoms with Crippen molar-refractivity contribution in [1.82, 2.24) is 0 Å². The molecule has 0 saturated heterocycles. The van der Waals surface area contributed by atoms with E-state index in [2.05, 4.69) is 30.6 Å². The molecule has 1 unspecified atom stereocenters. The predicted octanol–water partition coefficient (Wildman–Crippen LogP) is 4.45. The monoisotopic (exact) mass is 276 g/mol. The van der Waals surface area contributed by atoms with Gasteiger partial charge in [-0.15, -0.1) is 11.3 Å². The van der Waals surface area contributed by atoms with Crippen LogP contribution >= 0.6 is 11.3 Å². The van der Waals surface area contributed by atoms with Crippen LogP contribution in [0.15, 0.2) is 29.6 Å². The van der Waals surface area contributed by atoms with E-state index in [0.29, 0.717) is 5.56 Å². The fraction of sp³-hybridized carbons (Fsp3) is 0.286. The highest BCUT2D eigenvalue weighted by Crippen LogP contribution is 2.28. The summed E-state index contributed by atoms with van der Waals surface area (Å²) in [6, 6.07) is 7.41. The fourth-order valence-corrected chi connectivity index (χ4v) is 3.03. The highest BCUT2D eigenvalue weighted by Gasteiger charge is 2.13. The smallest absolute Gasteiger partial charge is 0.272 e. The second-order valence-electron chi connectivity index (χ2n) is 4.59. The maximum atomic E-state index is 10.8. The minimum Gasteiger partial charge on any atom is -0.378 e. The first-order chi connectivity index (χ1) is 8.99. The Morgan fingerprint density at radius 2 is 2.00 bits per heavy atom. The summed E-state index contributed by atoms with van der Waals surface area (Å²) >= 11 is 1.72. The van der Waals surface area contributed by atoms with Crippen molar-refractivity contribution in [3.8, 4) is 0 Å². The molecule has 19 heavy (non-hydrogen) atoms. The zero-order chi connectivity index (χ0) is 14.0. The summed E-state index contributed by atoms with van der Waals surface area (Å²) in [4.78, 5) is 11.7. The molecule has 4 nitrogen and oxygen atoms in total. The van der Waals surface area contributed by atoms with Crippen LogP contribution in [-0.2, 0) is 0 Å². The lowest BCUT2D eigenvalue weighted by molar-refractivity contribution is -0.385. The average Bonchev–Trinajstić information content (AvgIpc) is 2.75. The highest BCUT2D eigenvalue weighted by atomic mass is 32.1. The Bertz CT molecular complexity index is 607. The van der Waals surface area contributed by atoms with Gasteiger partial charge in [-0.05, 0) is 49.9 Å². The molecule has 1 atom stereocenters. The number of rotatable bonds is 4. The number of nitro groups is 1. The van der Waals surface area contributed by atoms with E-state index in [1.165, 1.54) is 10.4 Å². The van der Waals surface area contributed by atoms with E-state index in [1.54, 1.807) is 30.4 Å². The second kappa shape index (κ2) is 5.40. The quantitative estimate of drug-likeness (QED) is 0.663. The summed E-state index contributed by atoms with van der Waals surface area (Å²) in [6.45, 7) is 5.94. The zero-order valence-electron chi connectivity index (χ0n) is 11.1. The number of hydrogen-bond acceptors (Lipinski definition) is 4. The molecule has 100 valence electrons. The van der Waals surface area contributed by atoms with Gasteiger partial charge in [-0.1, -0.05) is 0 Å². The van der Waals surface area contributed by atoms with Gasteiger partial charge in [0.25, 0.3) is 5.69 Å². The van der Waals surface area contributed by atoms with E-state index in [9.17, 15) is 10.1 Å². The van der Waals surface area contributed by atoms with E-state index in [0.717, 1.165) is 5.69 Å². The maximum Gasteiger partial charge on any atom is 0.272 e. The Balaban J connectivity index is 2.18. The molecule has 1 N–H and O–H groups in total. The summed E-state index contributed by atoms with van der Waals surface area (Å²) in [7, 11) is 0. The van der Waals surface area contributed by atoms with E-state index in [-0.39, 0.29) is 16.7 Å². The first kappa shape index (κ1) is 13.5. The minimum absolute atomic E-state index is 0.158. The van der Waals surface area contributed by atoms with Gasteiger partial charge in [-0.25, -0.2) is 0 Å². The molecule has 0 amide bonds. The van der Waals surface area contributed by atoms with Crippen molar-refractivity contribution in [2.45, 2.75) is 26.8 Å². The molecule has 0 aliphatic carbocycles. The molecule has 2 aromatic rings. The highest BCUT2D eigenvalue weighted by molar-refractivity contribution is 7.10. The molecule has 1 aromatic heterocycles. The van der Waals surface area contributed by atoms with Gasteiger partial charge in [0, 0.05) is 22.2 Å². The fourth-order valence-electron chi connectivity index (χ4n) is 2.09. The molecule has 0 aliphatic rings. The summed E-state index contributed by atoms with van der Waals surface area (Å²) in [5, 5.41) is 16.2. The van der Waals surface area contributed by atoms with E-state index in [1.807, 2.05) is 6.07 Å². The molecular formula is C14H16N2O2S. The van der Waals surface area contributed by atoms with Crippen molar-refractivity contribution in [3.05, 3.63) is 55.8 Å². The average molecular weight is 276 g/mol. The molecule has 0 radical (unpaired) electrons. The van der Waals surface area contributed by atoms with Crippen molar-refractivity contribution in [2.75, 3.05) is 5.32 Å². The van der Waals surface area contributed by atoms with Gasteiger partial charge in [0.05, 0.1) is 11.0 Å². The molecule has 0 spiro atoms. The van der Waals surface area contributed by atoms with Gasteiger partial charge in [-0.2, -0.15) is 0 Å². The molecule has 0 aliphatic heterocycles. The Labute approximate surface area is 116 Å². The van der Waals surface area contributed by atoms with E-state index < -0.39 is 0 Å². The van der Waals surface area contributed by atoms with Gasteiger partial charge < -0.3 is 5.32 Å². The summed E-state index contributed by atoms with van der Waals surface area (Å²) in [6.07, 6.45) is 0. The van der Waals surface area contributed by atoms with Crippen molar-refractivity contribution in [2.24, 2.45) is 0 Å². The number of aryl methyl sites for hydroxylation is 2. The van der Waals surface area contributed by atoms with Gasteiger partial charge >= 0.3 is 0 Å². The number of anilines is 1. The number of hydrogen-bond donors (Lipinski definition) is 1. The molecule has 2 rings (SSSR count). The second-order valence-corrected chi connectivity index (χ2v) is 5.54. The molecule has 0 saturated carbocycles. The lowest BCUT2D eigenvalue weighted by atomic mass is 10.1. The zero-order valence-corrected chi connectivity index (χ0v) is 12.0. The number of nitro benzene ring substituents is 1. The summed E-state index contributed by atoms with van der Waals surface area (Å²) in [5.41, 5.74) is 3.00. The maximum absolute atomic E-state index is 10.8. The van der Waals surface area contributed by atoms with Gasteiger partial charge in [0.15, 0.2) is 0 Å². The van der Waals surface area contributed by atoms with Gasteiger partial charge in [-0.3, -0.25) is 10.1 Å². The van der Waals surface area contributed by atoms with Crippen LogP contribution < -0.4 is 5.32 Å². The van der Waals surface area contributed by atoms with Gasteiger partial charge in [0.1, 0.15) is 0 Å². The van der Waals surface area contributed by atoms with Crippen LogP contribution in [-0.4, -0.2) is 4.92 Å². The van der Waals surface area contributed by atoms with Gasteiger partial charge in [0.2, 0.25) is 0 Å². The summed E-state index contributed by atoms with van der Waals surface area (Å²) in [5.74, 6) is 0. The number of nitrogens with one attached hydrogen (secondary N) is 1. The Morgan fingerprint density at radius 1 is 1.26 bits per heavy atom. The molecule has 0 fully saturated rings. The third-order valence-electron chi connectivity index (χ3n) is 3.07. The normalized spacial score (nSPS) is 12.2. The predicted molar refractivity (Wildman–Crippen MR) is 78.9 cm³/mol. The minimum atomic E-state index is -0.355. The van der Waals surface area contributed by atoms with E-state index in [4.69, 9.17) is 0 Å². The van der Waals surface area contributed by atoms with Crippen molar-refractivity contribution in [3.63, 3.8) is 0 Å². The van der Waals surface area contributed by atoms with Crippen LogP contribution in [0.5, 0.6) is 0 Å². The number of benzene rings is 1. The molecule has 1 heterocycles. The van der Waals surface area contributed by atoms with E-state index >= 15 is 0 Å². The number of thiophene rings is 1. The van der Waals surface area contributed by atoms with Crippen LogP contribution in [0.4, 0.5) is 11.4 Å². The lowest BCUT2D eigenvalue weighted by Gasteiger charge is -2.15. The van der Waals surface area contributed by atoms with Crippen LogP contribution in [0.3, 0.4) is 0 Å². The van der Waals surface area contributed by atoms with Crippen LogP contribution in [0, 0.1) is 24.0 Å². The van der Waals surface area contributed by atoms with Crippen LogP contribution in [0.2, 0.25) is 0 Å². The van der Waals surface area contributed by atoms with Crippen molar-refractivity contribution < 1.29 is 4.92 Å². The third-order valence-corrected chi connectivity index (χ3v) is 4.27. The third kappa shape index (κ3) is 2.93. The topological polar surface area (TPSA) is 55.2 Å². The first-order valence-corrected chi connectivity index (χ1v) is 6.92. The molecular weight excluding hydrogens is 260 g/mol. The largest absolute Gasteiger partial charge is 0.378 e. The number of nitrogens with zero attached hydrogens (tertiary/aromatic N) is 1. The van der Waals surface area contributed by atoms with Crippen LogP contribution in [0.1, 0.15) is 29.0 Å². The lowest BCUT2D eigenvalue weighted by Crippen LogP contribution is -2.06. The molecule has 0 bridgehead atoms. The Kier molecular flexibility index (Phi) is 3.85. The first-order valence-electron chi connectivity index (χ1n) is 6.04. The van der Waals surface area contributed by atoms with Crippen LogP contribution in [0.25, 0.3) is 0 Å².